The molecule has 1 amide bonds. The first-order chi connectivity index (χ1) is 22.5. The molecule has 0 bridgehead atoms. The van der Waals surface area contributed by atoms with Crippen LogP contribution in [-0.4, -0.2) is 57.3 Å². The second-order valence-corrected chi connectivity index (χ2v) is 13.6. The van der Waals surface area contributed by atoms with Crippen molar-refractivity contribution in [2.24, 2.45) is 0 Å². The van der Waals surface area contributed by atoms with Gasteiger partial charge in [-0.3, -0.25) is 4.79 Å². The van der Waals surface area contributed by atoms with Crippen molar-refractivity contribution in [2.45, 2.75) is 218 Å². The van der Waals surface area contributed by atoms with Crippen molar-refractivity contribution in [1.82, 2.24) is 5.32 Å². The molecule has 0 rings (SSSR count). The van der Waals surface area contributed by atoms with Gasteiger partial charge in [0.1, 0.15) is 12.2 Å². The van der Waals surface area contributed by atoms with Gasteiger partial charge in [-0.25, -0.2) is 0 Å². The van der Waals surface area contributed by atoms with Gasteiger partial charge < -0.3 is 25.7 Å². The summed E-state index contributed by atoms with van der Waals surface area (Å²) in [6.07, 6.45) is 37.7. The quantitative estimate of drug-likeness (QED) is 0.0346. The number of unbranched alkanes of at least 4 members (excludes halogenated alkanes) is 22. The number of hydrogen-bond donors (Lipinski definition) is 5. The van der Waals surface area contributed by atoms with Gasteiger partial charge in [-0.2, -0.15) is 0 Å². The molecule has 0 spiro atoms. The molecule has 0 aromatic heterocycles. The molecule has 0 aliphatic rings. The van der Waals surface area contributed by atoms with E-state index in [0.717, 1.165) is 44.9 Å². The molecule has 6 nitrogen and oxygen atoms in total. The van der Waals surface area contributed by atoms with Gasteiger partial charge in [-0.1, -0.05) is 154 Å². The van der Waals surface area contributed by atoms with Crippen LogP contribution in [0.15, 0.2) is 24.3 Å². The van der Waals surface area contributed by atoms with Crippen LogP contribution in [0, 0.1) is 0 Å². The lowest BCUT2D eigenvalue weighted by Crippen LogP contribution is -2.53. The first kappa shape index (κ1) is 44.8. The highest BCUT2D eigenvalue weighted by Gasteiger charge is 2.28. The van der Waals surface area contributed by atoms with E-state index >= 15 is 0 Å². The minimum atomic E-state index is -1.28. The Hall–Kier alpha value is -1.21. The van der Waals surface area contributed by atoms with Crippen LogP contribution in [0.2, 0.25) is 0 Å². The molecule has 0 aromatic rings. The Morgan fingerprint density at radius 2 is 0.891 bits per heavy atom. The fourth-order valence-electron chi connectivity index (χ4n) is 5.93. The molecule has 6 heteroatoms. The average molecular weight is 652 g/mol. The Morgan fingerprint density at radius 3 is 1.30 bits per heavy atom. The molecule has 0 aliphatic heterocycles. The molecule has 0 aromatic carbocycles. The van der Waals surface area contributed by atoms with Gasteiger partial charge in [0, 0.05) is 0 Å². The summed E-state index contributed by atoms with van der Waals surface area (Å²) in [6, 6.07) is -1.00. The summed E-state index contributed by atoms with van der Waals surface area (Å²) in [6.45, 7) is 4.01. The molecule has 0 saturated carbocycles. The largest absolute Gasteiger partial charge is 0.394 e. The van der Waals surface area contributed by atoms with E-state index in [9.17, 15) is 25.2 Å². The van der Waals surface area contributed by atoms with Crippen LogP contribution in [0.25, 0.3) is 0 Å². The summed E-state index contributed by atoms with van der Waals surface area (Å²) in [5, 5.41) is 43.4. The minimum absolute atomic E-state index is 0.356. The van der Waals surface area contributed by atoms with E-state index in [1.54, 1.807) is 0 Å². The van der Waals surface area contributed by atoms with E-state index in [1.807, 2.05) is 0 Å². The van der Waals surface area contributed by atoms with Crippen LogP contribution in [0.1, 0.15) is 194 Å². The SMILES string of the molecule is CCCCCCCCC/C=C/CCCC(O)C(O)C(CO)NC(=O)C(O)CCCCCCCC/C=C\CCCCCCCCCC. The predicted octanol–water partition coefficient (Wildman–Crippen LogP) is 9.62. The summed E-state index contributed by atoms with van der Waals surface area (Å²) in [7, 11) is 0. The van der Waals surface area contributed by atoms with Gasteiger partial charge in [0.05, 0.1) is 18.8 Å². The third-order valence-electron chi connectivity index (χ3n) is 9.13. The van der Waals surface area contributed by atoms with Crippen molar-refractivity contribution in [3.05, 3.63) is 24.3 Å². The maximum Gasteiger partial charge on any atom is 0.249 e. The van der Waals surface area contributed by atoms with E-state index in [0.29, 0.717) is 12.8 Å². The van der Waals surface area contributed by atoms with Crippen LogP contribution >= 0.6 is 0 Å². The maximum atomic E-state index is 12.4. The maximum absolute atomic E-state index is 12.4. The number of rotatable bonds is 35. The lowest BCUT2D eigenvalue weighted by atomic mass is 10.00. The Morgan fingerprint density at radius 1 is 0.522 bits per heavy atom. The molecule has 0 aliphatic carbocycles. The number of allylic oxidation sites excluding steroid dienone is 4. The molecule has 5 N–H and O–H groups in total. The highest BCUT2D eigenvalue weighted by molar-refractivity contribution is 5.80. The molecular weight excluding hydrogens is 574 g/mol. The number of nitrogens with one attached hydrogen (secondary N) is 1. The molecule has 4 atom stereocenters. The number of aliphatic hydroxyl groups excluding tert-OH is 4. The number of hydrogen-bond acceptors (Lipinski definition) is 5. The van der Waals surface area contributed by atoms with Crippen molar-refractivity contribution < 1.29 is 25.2 Å². The number of aliphatic hydroxyl groups is 4. The monoisotopic (exact) mass is 652 g/mol. The highest BCUT2D eigenvalue weighted by Crippen LogP contribution is 2.14. The molecule has 0 heterocycles. The lowest BCUT2D eigenvalue weighted by molar-refractivity contribution is -0.132. The van der Waals surface area contributed by atoms with Gasteiger partial charge in [0.15, 0.2) is 0 Å². The van der Waals surface area contributed by atoms with Gasteiger partial charge >= 0.3 is 0 Å². The number of carbonyl (C=O) groups excluding carboxylic acids is 1. The van der Waals surface area contributed by atoms with Crippen molar-refractivity contribution in [2.75, 3.05) is 6.61 Å². The van der Waals surface area contributed by atoms with E-state index in [-0.39, 0.29) is 0 Å². The summed E-state index contributed by atoms with van der Waals surface area (Å²) < 4.78 is 0. The third-order valence-corrected chi connectivity index (χ3v) is 9.13. The number of amides is 1. The Labute approximate surface area is 284 Å². The second kappa shape index (κ2) is 35.1. The van der Waals surface area contributed by atoms with Crippen LogP contribution in [0.4, 0.5) is 0 Å². The Bertz CT molecular complexity index is 697. The molecule has 272 valence electrons. The Kier molecular flexibility index (Phi) is 34.2. The van der Waals surface area contributed by atoms with E-state index < -0.39 is 36.9 Å². The van der Waals surface area contributed by atoms with E-state index in [2.05, 4.69) is 43.5 Å². The first-order valence-electron chi connectivity index (χ1n) is 19.7. The molecular formula is C40H77NO5. The summed E-state index contributed by atoms with van der Waals surface area (Å²) in [4.78, 5) is 12.4. The highest BCUT2D eigenvalue weighted by atomic mass is 16.3. The molecule has 0 radical (unpaired) electrons. The minimum Gasteiger partial charge on any atom is -0.394 e. The van der Waals surface area contributed by atoms with E-state index in [1.165, 1.54) is 122 Å². The molecule has 4 unspecified atom stereocenters. The molecule has 46 heavy (non-hydrogen) atoms. The predicted molar refractivity (Wildman–Crippen MR) is 196 cm³/mol. The van der Waals surface area contributed by atoms with Crippen LogP contribution in [-0.2, 0) is 4.79 Å². The average Bonchev–Trinajstić information content (AvgIpc) is 3.06. The zero-order valence-electron chi connectivity index (χ0n) is 30.3. The normalized spacial score (nSPS) is 14.7. The van der Waals surface area contributed by atoms with Crippen LogP contribution < -0.4 is 5.32 Å². The zero-order valence-corrected chi connectivity index (χ0v) is 30.3. The summed E-state index contributed by atoms with van der Waals surface area (Å²) >= 11 is 0. The second-order valence-electron chi connectivity index (χ2n) is 13.6. The van der Waals surface area contributed by atoms with Crippen molar-refractivity contribution >= 4 is 5.91 Å². The van der Waals surface area contributed by atoms with Crippen LogP contribution in [0.3, 0.4) is 0 Å². The fraction of sp³-hybridized carbons (Fsp3) is 0.875. The summed E-state index contributed by atoms with van der Waals surface area (Å²) in [5.41, 5.74) is 0. The van der Waals surface area contributed by atoms with Crippen LogP contribution in [0.5, 0.6) is 0 Å². The lowest BCUT2D eigenvalue weighted by Gasteiger charge is -2.27. The van der Waals surface area contributed by atoms with Gasteiger partial charge in [0.2, 0.25) is 5.91 Å². The Balaban J connectivity index is 3.82. The molecule has 0 fully saturated rings. The van der Waals surface area contributed by atoms with Crippen molar-refractivity contribution in [3.8, 4) is 0 Å². The van der Waals surface area contributed by atoms with Crippen molar-refractivity contribution in [3.63, 3.8) is 0 Å². The third kappa shape index (κ3) is 29.0. The van der Waals surface area contributed by atoms with E-state index in [4.69, 9.17) is 0 Å². The standard InChI is InChI=1S/C40H77NO5/c1-3-5-7-9-11-13-15-17-18-19-20-21-22-24-26-28-30-32-34-38(44)40(46)41-36(35-42)39(45)37(43)33-31-29-27-25-23-16-14-12-10-8-6-4-2/h19-20,25,27,36-39,42-45H,3-18,21-24,26,28-35H2,1-2H3,(H,41,46)/b20-19-,27-25+. The summed E-state index contributed by atoms with van der Waals surface area (Å²) in [5.74, 6) is -0.600. The topological polar surface area (TPSA) is 110 Å². The smallest absolute Gasteiger partial charge is 0.249 e. The van der Waals surface area contributed by atoms with Crippen molar-refractivity contribution in [1.29, 1.82) is 0 Å². The van der Waals surface area contributed by atoms with Gasteiger partial charge in [-0.05, 0) is 64.2 Å². The zero-order chi connectivity index (χ0) is 33.9. The molecule has 0 saturated heterocycles. The first-order valence-corrected chi connectivity index (χ1v) is 19.7. The van der Waals surface area contributed by atoms with Gasteiger partial charge in [0.25, 0.3) is 0 Å². The van der Waals surface area contributed by atoms with Gasteiger partial charge in [-0.15, -0.1) is 0 Å². The number of carbonyl (C=O) groups is 1. The fourth-order valence-corrected chi connectivity index (χ4v) is 5.93.